The first-order valence-corrected chi connectivity index (χ1v) is 9.00. The third-order valence-corrected chi connectivity index (χ3v) is 5.77. The minimum absolute atomic E-state index is 0.212. The van der Waals surface area contributed by atoms with Crippen LogP contribution in [-0.4, -0.2) is 11.1 Å². The number of benzene rings is 3. The first-order valence-electron chi connectivity index (χ1n) is 9.00. The Morgan fingerprint density at radius 1 is 1.00 bits per heavy atom. The van der Waals surface area contributed by atoms with Crippen LogP contribution in [0.1, 0.15) is 39.9 Å². The molecule has 26 heavy (non-hydrogen) atoms. The number of anilines is 1. The Morgan fingerprint density at radius 3 is 2.73 bits per heavy atom. The fourth-order valence-corrected chi connectivity index (χ4v) is 4.56. The van der Waals surface area contributed by atoms with Gasteiger partial charge in [0.05, 0.1) is 11.6 Å². The molecule has 5 rings (SSSR count). The first kappa shape index (κ1) is 15.2. The van der Waals surface area contributed by atoms with E-state index >= 15 is 0 Å². The second-order valence-electron chi connectivity index (χ2n) is 7.15. The summed E-state index contributed by atoms with van der Waals surface area (Å²) in [5.41, 5.74) is 3.81. The molecule has 0 spiro atoms. The van der Waals surface area contributed by atoms with Crippen LogP contribution >= 0.6 is 0 Å². The zero-order valence-corrected chi connectivity index (χ0v) is 14.2. The van der Waals surface area contributed by atoms with Crippen LogP contribution in [0.4, 0.5) is 5.69 Å². The summed E-state index contributed by atoms with van der Waals surface area (Å²) in [5, 5.41) is 15.6. The molecule has 1 aliphatic carbocycles. The average Bonchev–Trinajstić information content (AvgIpc) is 3.16. The molecule has 1 heterocycles. The highest BCUT2D eigenvalue weighted by atomic mass is 16.4. The standard InChI is InChI=1S/C23H19NO2/c25-23(26)15-11-12-21-20(13-15)17-8-4-10-19(17)22(24-21)18-9-3-6-14-5-1-2-7-16(14)18/h1-9,11-13,17,19,22,24H,10H2,(H,25,26)/t17?,19?,22-/m1/s1. The van der Waals surface area contributed by atoms with Crippen molar-refractivity contribution in [3.05, 3.63) is 89.5 Å². The summed E-state index contributed by atoms with van der Waals surface area (Å²) >= 11 is 0. The molecule has 3 heteroatoms. The van der Waals surface area contributed by atoms with E-state index in [1.165, 1.54) is 16.3 Å². The highest BCUT2D eigenvalue weighted by molar-refractivity contribution is 5.89. The Balaban J connectivity index is 1.65. The fourth-order valence-electron chi connectivity index (χ4n) is 4.56. The van der Waals surface area contributed by atoms with Crippen molar-refractivity contribution in [2.24, 2.45) is 5.92 Å². The van der Waals surface area contributed by atoms with Crippen LogP contribution in [0.15, 0.2) is 72.8 Å². The maximum absolute atomic E-state index is 11.4. The van der Waals surface area contributed by atoms with Gasteiger partial charge >= 0.3 is 5.97 Å². The predicted molar refractivity (Wildman–Crippen MR) is 104 cm³/mol. The molecule has 0 aromatic heterocycles. The average molecular weight is 341 g/mol. The molecule has 2 unspecified atom stereocenters. The molecule has 0 fully saturated rings. The van der Waals surface area contributed by atoms with Crippen LogP contribution < -0.4 is 5.32 Å². The summed E-state index contributed by atoms with van der Waals surface area (Å²) < 4.78 is 0. The molecule has 0 bridgehead atoms. The van der Waals surface area contributed by atoms with Crippen LogP contribution in [0.3, 0.4) is 0 Å². The number of nitrogens with one attached hydrogen (secondary N) is 1. The monoisotopic (exact) mass is 341 g/mol. The number of fused-ring (bicyclic) bond motifs is 4. The molecular formula is C23H19NO2. The van der Waals surface area contributed by atoms with Crippen molar-refractivity contribution in [3.8, 4) is 0 Å². The van der Waals surface area contributed by atoms with Gasteiger partial charge in [0, 0.05) is 11.6 Å². The van der Waals surface area contributed by atoms with Crippen molar-refractivity contribution < 1.29 is 9.90 Å². The molecule has 3 nitrogen and oxygen atoms in total. The second-order valence-corrected chi connectivity index (χ2v) is 7.15. The van der Waals surface area contributed by atoms with Crippen molar-refractivity contribution in [2.45, 2.75) is 18.4 Å². The second kappa shape index (κ2) is 5.73. The number of carbonyl (C=O) groups is 1. The van der Waals surface area contributed by atoms with Crippen molar-refractivity contribution >= 4 is 22.4 Å². The number of rotatable bonds is 2. The minimum Gasteiger partial charge on any atom is -0.478 e. The van der Waals surface area contributed by atoms with Crippen molar-refractivity contribution in [1.29, 1.82) is 0 Å². The summed E-state index contributed by atoms with van der Waals surface area (Å²) in [6.07, 6.45) is 5.48. The van der Waals surface area contributed by atoms with Gasteiger partial charge in [-0.25, -0.2) is 4.79 Å². The van der Waals surface area contributed by atoms with Crippen LogP contribution in [0.5, 0.6) is 0 Å². The van der Waals surface area contributed by atoms with Gasteiger partial charge in [-0.2, -0.15) is 0 Å². The zero-order valence-electron chi connectivity index (χ0n) is 14.2. The lowest BCUT2D eigenvalue weighted by Crippen LogP contribution is -2.29. The van der Waals surface area contributed by atoms with Crippen molar-refractivity contribution in [3.63, 3.8) is 0 Å². The Bertz CT molecular complexity index is 1050. The molecule has 0 saturated heterocycles. The van der Waals surface area contributed by atoms with Gasteiger partial charge in [0.1, 0.15) is 0 Å². The van der Waals surface area contributed by atoms with Crippen LogP contribution in [0.2, 0.25) is 0 Å². The smallest absolute Gasteiger partial charge is 0.335 e. The Morgan fingerprint density at radius 2 is 1.85 bits per heavy atom. The largest absolute Gasteiger partial charge is 0.478 e. The predicted octanol–water partition coefficient (Wildman–Crippen LogP) is 5.36. The van der Waals surface area contributed by atoms with E-state index in [1.54, 1.807) is 6.07 Å². The summed E-state index contributed by atoms with van der Waals surface area (Å²) in [4.78, 5) is 11.4. The summed E-state index contributed by atoms with van der Waals surface area (Å²) in [6.45, 7) is 0. The van der Waals surface area contributed by atoms with Crippen molar-refractivity contribution in [1.82, 2.24) is 0 Å². The van der Waals surface area contributed by atoms with Gasteiger partial charge in [0.2, 0.25) is 0 Å². The van der Waals surface area contributed by atoms with E-state index in [9.17, 15) is 9.90 Å². The van der Waals surface area contributed by atoms with E-state index < -0.39 is 5.97 Å². The van der Waals surface area contributed by atoms with Gasteiger partial charge in [0.25, 0.3) is 0 Å². The van der Waals surface area contributed by atoms with E-state index in [1.807, 2.05) is 12.1 Å². The van der Waals surface area contributed by atoms with Gasteiger partial charge in [-0.1, -0.05) is 54.6 Å². The van der Waals surface area contributed by atoms with E-state index in [4.69, 9.17) is 0 Å². The van der Waals surface area contributed by atoms with Gasteiger partial charge in [-0.3, -0.25) is 0 Å². The van der Waals surface area contributed by atoms with E-state index in [2.05, 4.69) is 59.9 Å². The molecule has 3 atom stereocenters. The third kappa shape index (κ3) is 2.24. The van der Waals surface area contributed by atoms with E-state index in [0.717, 1.165) is 17.7 Å². The number of hydrogen-bond acceptors (Lipinski definition) is 2. The Labute approximate surface area is 152 Å². The molecule has 3 aromatic rings. The third-order valence-electron chi connectivity index (χ3n) is 5.77. The molecular weight excluding hydrogens is 322 g/mol. The van der Waals surface area contributed by atoms with Gasteiger partial charge in [-0.15, -0.1) is 0 Å². The normalized spacial score (nSPS) is 23.3. The zero-order chi connectivity index (χ0) is 17.7. The SMILES string of the molecule is O=C(O)c1ccc2c(c1)C1C=CCC1[C@@H](c1cccc3ccccc13)N2. The number of aromatic carboxylic acids is 1. The molecule has 0 amide bonds. The van der Waals surface area contributed by atoms with Gasteiger partial charge in [-0.05, 0) is 52.4 Å². The molecule has 2 aliphatic rings. The quantitative estimate of drug-likeness (QED) is 0.617. The lowest BCUT2D eigenvalue weighted by atomic mass is 9.76. The highest BCUT2D eigenvalue weighted by Gasteiger charge is 2.38. The van der Waals surface area contributed by atoms with Crippen LogP contribution in [0.25, 0.3) is 10.8 Å². The molecule has 0 radical (unpaired) electrons. The molecule has 2 N–H and O–H groups in total. The summed E-state index contributed by atoms with van der Waals surface area (Å²) in [5.74, 6) is -0.214. The van der Waals surface area contributed by atoms with Crippen LogP contribution in [-0.2, 0) is 0 Å². The number of hydrogen-bond donors (Lipinski definition) is 2. The topological polar surface area (TPSA) is 49.3 Å². The van der Waals surface area contributed by atoms with Crippen LogP contribution in [0, 0.1) is 5.92 Å². The number of carboxylic acid groups (broad SMARTS) is 1. The van der Waals surface area contributed by atoms with E-state index in [-0.39, 0.29) is 12.0 Å². The summed E-state index contributed by atoms with van der Waals surface area (Å²) in [6, 6.07) is 20.6. The molecule has 1 aliphatic heterocycles. The fraction of sp³-hybridized carbons (Fsp3) is 0.174. The number of allylic oxidation sites excluding steroid dienone is 2. The van der Waals surface area contributed by atoms with Gasteiger partial charge in [0.15, 0.2) is 0 Å². The lowest BCUT2D eigenvalue weighted by Gasteiger charge is -2.38. The Kier molecular flexibility index (Phi) is 3.35. The Hall–Kier alpha value is -3.07. The minimum atomic E-state index is -0.873. The summed E-state index contributed by atoms with van der Waals surface area (Å²) in [7, 11) is 0. The van der Waals surface area contributed by atoms with Gasteiger partial charge < -0.3 is 10.4 Å². The molecule has 128 valence electrons. The lowest BCUT2D eigenvalue weighted by molar-refractivity contribution is 0.0696. The molecule has 3 aromatic carbocycles. The maximum atomic E-state index is 11.4. The first-order chi connectivity index (χ1) is 12.7. The maximum Gasteiger partial charge on any atom is 0.335 e. The van der Waals surface area contributed by atoms with E-state index in [0.29, 0.717) is 11.5 Å². The number of carboxylic acids is 1. The van der Waals surface area contributed by atoms with Crippen molar-refractivity contribution in [2.75, 3.05) is 5.32 Å². The highest BCUT2D eigenvalue weighted by Crippen LogP contribution is 2.50. The molecule has 0 saturated carbocycles.